The number of carboxylic acids is 1. The second kappa shape index (κ2) is 5.11. The SMILES string of the molecule is CC(C)(C)OC(=O)N1CCCc2ncc(C(=O)O)cc21. The fourth-order valence-electron chi connectivity index (χ4n) is 2.06. The van der Waals surface area contributed by atoms with Crippen LogP contribution in [-0.4, -0.2) is 34.3 Å². The summed E-state index contributed by atoms with van der Waals surface area (Å²) >= 11 is 0. The predicted molar refractivity (Wildman–Crippen MR) is 73.1 cm³/mol. The van der Waals surface area contributed by atoms with Crippen LogP contribution in [-0.2, 0) is 11.2 Å². The zero-order chi connectivity index (χ0) is 14.9. The summed E-state index contributed by atoms with van der Waals surface area (Å²) in [6, 6.07) is 1.48. The summed E-state index contributed by atoms with van der Waals surface area (Å²) in [5.74, 6) is -1.06. The molecular formula is C14H18N2O4. The van der Waals surface area contributed by atoms with E-state index in [1.54, 1.807) is 20.8 Å². The summed E-state index contributed by atoms with van der Waals surface area (Å²) in [7, 11) is 0. The second-order valence-electron chi connectivity index (χ2n) is 5.73. The average Bonchev–Trinajstić information content (AvgIpc) is 2.35. The van der Waals surface area contributed by atoms with Gasteiger partial charge in [0.2, 0.25) is 0 Å². The number of hydrogen-bond acceptors (Lipinski definition) is 4. The Balaban J connectivity index is 2.33. The molecule has 0 aromatic carbocycles. The molecule has 0 spiro atoms. The van der Waals surface area contributed by atoms with Gasteiger partial charge in [-0.3, -0.25) is 9.88 Å². The van der Waals surface area contributed by atoms with Crippen LogP contribution in [0.3, 0.4) is 0 Å². The molecule has 6 nitrogen and oxygen atoms in total. The molecule has 0 saturated heterocycles. The lowest BCUT2D eigenvalue weighted by molar-refractivity contribution is 0.0575. The van der Waals surface area contributed by atoms with Crippen molar-refractivity contribution in [2.45, 2.75) is 39.2 Å². The molecule has 20 heavy (non-hydrogen) atoms. The molecule has 0 unspecified atom stereocenters. The summed E-state index contributed by atoms with van der Waals surface area (Å²) in [4.78, 5) is 28.8. The van der Waals surface area contributed by atoms with Crippen LogP contribution in [0.4, 0.5) is 10.5 Å². The second-order valence-corrected chi connectivity index (χ2v) is 5.73. The standard InChI is InChI=1S/C14H18N2O4/c1-14(2,3)20-13(19)16-6-4-5-10-11(16)7-9(8-15-10)12(17)18/h7-8H,4-6H2,1-3H3,(H,17,18). The summed E-state index contributed by atoms with van der Waals surface area (Å²) in [6.45, 7) is 5.89. The number of ether oxygens (including phenoxy) is 1. The summed E-state index contributed by atoms with van der Waals surface area (Å²) in [5, 5.41) is 9.02. The van der Waals surface area contributed by atoms with Crippen molar-refractivity contribution >= 4 is 17.7 Å². The van der Waals surface area contributed by atoms with Gasteiger partial charge in [-0.05, 0) is 39.7 Å². The first-order valence-electron chi connectivity index (χ1n) is 6.50. The smallest absolute Gasteiger partial charge is 0.414 e. The Morgan fingerprint density at radius 1 is 1.40 bits per heavy atom. The highest BCUT2D eigenvalue weighted by Crippen LogP contribution is 2.28. The minimum atomic E-state index is -1.06. The molecule has 1 amide bonds. The molecule has 2 heterocycles. The number of nitrogens with zero attached hydrogens (tertiary/aromatic N) is 2. The van der Waals surface area contributed by atoms with Gasteiger partial charge >= 0.3 is 12.1 Å². The molecule has 0 aliphatic carbocycles. The number of carboxylic acid groups (broad SMARTS) is 1. The van der Waals surface area contributed by atoms with Crippen molar-refractivity contribution in [3.8, 4) is 0 Å². The Morgan fingerprint density at radius 3 is 2.70 bits per heavy atom. The lowest BCUT2D eigenvalue weighted by Crippen LogP contribution is -2.40. The Kier molecular flexibility index (Phi) is 3.65. The van der Waals surface area contributed by atoms with Crippen molar-refractivity contribution in [3.05, 3.63) is 23.5 Å². The Labute approximate surface area is 117 Å². The molecule has 2 rings (SSSR count). The van der Waals surface area contributed by atoms with Crippen LogP contribution in [0.25, 0.3) is 0 Å². The fourth-order valence-corrected chi connectivity index (χ4v) is 2.06. The Hall–Kier alpha value is -2.11. The fraction of sp³-hybridized carbons (Fsp3) is 0.500. The van der Waals surface area contributed by atoms with Gasteiger partial charge in [-0.25, -0.2) is 9.59 Å². The molecule has 6 heteroatoms. The Morgan fingerprint density at radius 2 is 2.10 bits per heavy atom. The monoisotopic (exact) mass is 278 g/mol. The van der Waals surface area contributed by atoms with Crippen LogP contribution in [0.2, 0.25) is 0 Å². The normalized spacial score (nSPS) is 14.7. The number of anilines is 1. The molecule has 1 aromatic rings. The molecule has 0 radical (unpaired) electrons. The van der Waals surface area contributed by atoms with Crippen LogP contribution in [0.1, 0.15) is 43.2 Å². The number of fused-ring (bicyclic) bond motifs is 1. The van der Waals surface area contributed by atoms with Crippen LogP contribution < -0.4 is 4.90 Å². The highest BCUT2D eigenvalue weighted by molar-refractivity contribution is 5.93. The van der Waals surface area contributed by atoms with Gasteiger partial charge in [0.25, 0.3) is 0 Å². The van der Waals surface area contributed by atoms with Crippen molar-refractivity contribution < 1.29 is 19.4 Å². The number of aromatic nitrogens is 1. The first-order chi connectivity index (χ1) is 9.28. The highest BCUT2D eigenvalue weighted by Gasteiger charge is 2.28. The van der Waals surface area contributed by atoms with Gasteiger partial charge in [0, 0.05) is 12.7 Å². The number of rotatable bonds is 1. The minimum Gasteiger partial charge on any atom is -0.478 e. The first-order valence-corrected chi connectivity index (χ1v) is 6.50. The number of carbonyl (C=O) groups excluding carboxylic acids is 1. The molecule has 1 N–H and O–H groups in total. The van der Waals surface area contributed by atoms with Crippen LogP contribution in [0.5, 0.6) is 0 Å². The number of hydrogen-bond donors (Lipinski definition) is 1. The maximum absolute atomic E-state index is 12.2. The topological polar surface area (TPSA) is 79.7 Å². The van der Waals surface area contributed by atoms with E-state index >= 15 is 0 Å². The molecule has 1 aliphatic rings. The third kappa shape index (κ3) is 3.07. The van der Waals surface area contributed by atoms with Crippen molar-refractivity contribution in [3.63, 3.8) is 0 Å². The minimum absolute atomic E-state index is 0.0687. The van der Waals surface area contributed by atoms with E-state index in [2.05, 4.69) is 4.98 Å². The summed E-state index contributed by atoms with van der Waals surface area (Å²) in [6.07, 6.45) is 2.36. The maximum Gasteiger partial charge on any atom is 0.414 e. The number of pyridine rings is 1. The molecule has 1 aromatic heterocycles. The van der Waals surface area contributed by atoms with Crippen molar-refractivity contribution in [2.75, 3.05) is 11.4 Å². The quantitative estimate of drug-likeness (QED) is 0.853. The molecule has 108 valence electrons. The zero-order valence-electron chi connectivity index (χ0n) is 11.8. The van der Waals surface area contributed by atoms with E-state index in [0.717, 1.165) is 18.5 Å². The van der Waals surface area contributed by atoms with Gasteiger partial charge < -0.3 is 9.84 Å². The number of carbonyl (C=O) groups is 2. The first kappa shape index (κ1) is 14.3. The van der Waals surface area contributed by atoms with Gasteiger partial charge in [-0.2, -0.15) is 0 Å². The number of aromatic carboxylic acids is 1. The number of aryl methyl sites for hydroxylation is 1. The van der Waals surface area contributed by atoms with E-state index in [-0.39, 0.29) is 5.56 Å². The third-order valence-electron chi connectivity index (χ3n) is 2.89. The maximum atomic E-state index is 12.2. The third-order valence-corrected chi connectivity index (χ3v) is 2.89. The molecule has 1 aliphatic heterocycles. The van der Waals surface area contributed by atoms with Gasteiger partial charge in [-0.1, -0.05) is 0 Å². The number of amides is 1. The van der Waals surface area contributed by atoms with Gasteiger partial charge in [0.05, 0.1) is 16.9 Å². The Bertz CT molecular complexity index is 549. The van der Waals surface area contributed by atoms with E-state index in [1.807, 2.05) is 0 Å². The zero-order valence-corrected chi connectivity index (χ0v) is 11.8. The van der Waals surface area contributed by atoms with E-state index in [0.29, 0.717) is 12.2 Å². The van der Waals surface area contributed by atoms with E-state index in [9.17, 15) is 9.59 Å². The van der Waals surface area contributed by atoms with Crippen molar-refractivity contribution in [1.82, 2.24) is 4.98 Å². The molecule has 0 atom stereocenters. The molecule has 0 bridgehead atoms. The molecule has 0 fully saturated rings. The van der Waals surface area contributed by atoms with Crippen molar-refractivity contribution in [1.29, 1.82) is 0 Å². The van der Waals surface area contributed by atoms with Gasteiger partial charge in [0.15, 0.2) is 0 Å². The molecule has 0 saturated carbocycles. The van der Waals surface area contributed by atoms with Gasteiger partial charge in [-0.15, -0.1) is 0 Å². The summed E-state index contributed by atoms with van der Waals surface area (Å²) in [5.41, 5.74) is 0.740. The van der Waals surface area contributed by atoms with E-state index in [4.69, 9.17) is 9.84 Å². The summed E-state index contributed by atoms with van der Waals surface area (Å²) < 4.78 is 5.35. The largest absolute Gasteiger partial charge is 0.478 e. The molecular weight excluding hydrogens is 260 g/mol. The van der Waals surface area contributed by atoms with Crippen LogP contribution in [0, 0.1) is 0 Å². The van der Waals surface area contributed by atoms with Gasteiger partial charge in [0.1, 0.15) is 5.60 Å². The average molecular weight is 278 g/mol. The van der Waals surface area contributed by atoms with Crippen LogP contribution in [0.15, 0.2) is 12.3 Å². The van der Waals surface area contributed by atoms with E-state index < -0.39 is 17.7 Å². The van der Waals surface area contributed by atoms with Crippen molar-refractivity contribution in [2.24, 2.45) is 0 Å². The highest BCUT2D eigenvalue weighted by atomic mass is 16.6. The lowest BCUT2D eigenvalue weighted by atomic mass is 10.1. The van der Waals surface area contributed by atoms with Crippen LogP contribution >= 0.6 is 0 Å². The predicted octanol–water partition coefficient (Wildman–Crippen LogP) is 2.47. The lowest BCUT2D eigenvalue weighted by Gasteiger charge is -2.31. The van der Waals surface area contributed by atoms with E-state index in [1.165, 1.54) is 17.2 Å².